The van der Waals surface area contributed by atoms with Gasteiger partial charge in [-0.3, -0.25) is 19.7 Å². The summed E-state index contributed by atoms with van der Waals surface area (Å²) >= 11 is 3.12. The number of rotatable bonds is 3. The van der Waals surface area contributed by atoms with Crippen LogP contribution in [0.1, 0.15) is 12.0 Å². The third kappa shape index (κ3) is 2.30. The van der Waals surface area contributed by atoms with E-state index in [2.05, 4.69) is 21.0 Å². The first-order valence-corrected chi connectivity index (χ1v) is 8.45. The molecule has 4 rings (SSSR count). The molecule has 1 saturated carbocycles. The molecule has 1 saturated heterocycles. The highest BCUT2D eigenvalue weighted by molar-refractivity contribution is 9.10. The third-order valence-electron chi connectivity index (χ3n) is 5.04. The Morgan fingerprint density at radius 3 is 2.40 bits per heavy atom. The molecule has 128 valence electrons. The van der Waals surface area contributed by atoms with Crippen molar-refractivity contribution in [3.63, 3.8) is 0 Å². The van der Waals surface area contributed by atoms with Gasteiger partial charge in [-0.25, -0.2) is 0 Å². The van der Waals surface area contributed by atoms with Crippen LogP contribution in [0.5, 0.6) is 5.75 Å². The molecule has 1 aromatic rings. The average molecular weight is 406 g/mol. The number of amides is 2. The number of carbonyl (C=O) groups is 2. The van der Waals surface area contributed by atoms with E-state index in [4.69, 9.17) is 0 Å². The molecule has 0 radical (unpaired) electrons. The van der Waals surface area contributed by atoms with Crippen LogP contribution in [-0.2, 0) is 9.59 Å². The molecule has 1 N–H and O–H groups in total. The van der Waals surface area contributed by atoms with Crippen molar-refractivity contribution in [3.8, 4) is 5.75 Å². The topological polar surface area (TPSA) is 113 Å². The minimum Gasteiger partial charge on any atom is -0.502 e. The third-order valence-corrected chi connectivity index (χ3v) is 5.50. The number of phenolic OH excluding ortho intramolecular Hbond substituents is 1. The van der Waals surface area contributed by atoms with Crippen molar-refractivity contribution in [3.05, 3.63) is 44.4 Å². The predicted octanol–water partition coefficient (Wildman–Crippen LogP) is 2.20. The number of carbonyl (C=O) groups excluding carboxylic acids is 2. The van der Waals surface area contributed by atoms with Crippen molar-refractivity contribution in [2.75, 3.05) is 0 Å². The van der Waals surface area contributed by atoms with Crippen molar-refractivity contribution in [1.82, 2.24) is 5.01 Å². The van der Waals surface area contributed by atoms with E-state index in [9.17, 15) is 24.8 Å². The van der Waals surface area contributed by atoms with Gasteiger partial charge in [0.1, 0.15) is 0 Å². The number of hydrogen-bond acceptors (Lipinski definition) is 6. The zero-order chi connectivity index (χ0) is 17.9. The number of allylic oxidation sites excluding steroid dienone is 2. The van der Waals surface area contributed by atoms with Crippen molar-refractivity contribution in [1.29, 1.82) is 0 Å². The van der Waals surface area contributed by atoms with E-state index < -0.39 is 16.4 Å². The lowest BCUT2D eigenvalue weighted by molar-refractivity contribution is -0.385. The van der Waals surface area contributed by atoms with E-state index in [1.165, 1.54) is 6.07 Å². The molecule has 1 heterocycles. The Labute approximate surface area is 150 Å². The Bertz CT molecular complexity index is 851. The molecular weight excluding hydrogens is 394 g/mol. The molecule has 0 spiro atoms. The van der Waals surface area contributed by atoms with E-state index in [1.807, 2.05) is 12.2 Å². The maximum absolute atomic E-state index is 12.5. The second-order valence-electron chi connectivity index (χ2n) is 6.35. The smallest absolute Gasteiger partial charge is 0.312 e. The van der Waals surface area contributed by atoms with Crippen molar-refractivity contribution in [2.45, 2.75) is 6.42 Å². The average Bonchev–Trinajstić information content (AvgIpc) is 3.23. The van der Waals surface area contributed by atoms with Crippen LogP contribution in [0.3, 0.4) is 0 Å². The number of imide groups is 1. The summed E-state index contributed by atoms with van der Waals surface area (Å²) in [5.41, 5.74) is -0.450. The highest BCUT2D eigenvalue weighted by Crippen LogP contribution is 2.52. The van der Waals surface area contributed by atoms with E-state index in [0.717, 1.165) is 23.7 Å². The number of phenols is 1. The molecule has 0 unspecified atom stereocenters. The van der Waals surface area contributed by atoms with Crippen LogP contribution in [0.25, 0.3) is 0 Å². The Balaban J connectivity index is 1.64. The zero-order valence-electron chi connectivity index (χ0n) is 12.7. The molecule has 3 aliphatic rings. The first kappa shape index (κ1) is 15.9. The van der Waals surface area contributed by atoms with Gasteiger partial charge < -0.3 is 5.11 Å². The number of fused-ring (bicyclic) bond motifs is 5. The number of halogens is 1. The molecule has 2 amide bonds. The number of hydrazone groups is 1. The van der Waals surface area contributed by atoms with Gasteiger partial charge in [-0.1, -0.05) is 28.1 Å². The molecule has 25 heavy (non-hydrogen) atoms. The maximum atomic E-state index is 12.5. The van der Waals surface area contributed by atoms with Gasteiger partial charge in [-0.15, -0.1) is 0 Å². The fourth-order valence-corrected chi connectivity index (χ4v) is 4.43. The van der Waals surface area contributed by atoms with Crippen molar-refractivity contribution in [2.24, 2.45) is 28.8 Å². The Morgan fingerprint density at radius 1 is 1.24 bits per heavy atom. The lowest BCUT2D eigenvalue weighted by Gasteiger charge is -2.13. The summed E-state index contributed by atoms with van der Waals surface area (Å²) in [6, 6.07) is 2.58. The summed E-state index contributed by atoms with van der Waals surface area (Å²) in [5.74, 6) is -1.87. The standard InChI is InChI=1S/C16H12BrN3O5/c17-10-4-9(14(21)11(5-10)20(24)25)6-18-19-15(22)12-7-1-2-8(3-7)13(12)16(19)23/h1-2,4-8,12-13,21H,3H2/b18-6-/t7-,8+,12-,13+. The highest BCUT2D eigenvalue weighted by Gasteiger charge is 2.59. The van der Waals surface area contributed by atoms with Crippen LogP contribution < -0.4 is 0 Å². The second kappa shape index (κ2) is 5.48. The Kier molecular flexibility index (Phi) is 3.50. The van der Waals surface area contributed by atoms with Crippen LogP contribution in [0.2, 0.25) is 0 Å². The molecule has 2 bridgehead atoms. The lowest BCUT2D eigenvalue weighted by atomic mass is 9.85. The van der Waals surface area contributed by atoms with Crippen LogP contribution in [-0.4, -0.2) is 33.1 Å². The van der Waals surface area contributed by atoms with Gasteiger partial charge >= 0.3 is 5.69 Å². The molecule has 4 atom stereocenters. The Morgan fingerprint density at radius 2 is 1.84 bits per heavy atom. The van der Waals surface area contributed by atoms with Crippen LogP contribution in [0.4, 0.5) is 5.69 Å². The number of nitrogens with zero attached hydrogens (tertiary/aromatic N) is 3. The molecule has 2 aliphatic carbocycles. The quantitative estimate of drug-likeness (QED) is 0.272. The largest absolute Gasteiger partial charge is 0.502 e. The number of hydrogen-bond donors (Lipinski definition) is 1. The van der Waals surface area contributed by atoms with Gasteiger partial charge in [-0.2, -0.15) is 10.1 Å². The number of benzene rings is 1. The normalized spacial score (nSPS) is 29.9. The molecule has 2 fully saturated rings. The van der Waals surface area contributed by atoms with Gasteiger partial charge in [0.25, 0.3) is 11.8 Å². The second-order valence-corrected chi connectivity index (χ2v) is 7.27. The van der Waals surface area contributed by atoms with E-state index in [-0.39, 0.29) is 41.0 Å². The van der Waals surface area contributed by atoms with Gasteiger partial charge in [-0.05, 0) is 24.3 Å². The van der Waals surface area contributed by atoms with Gasteiger partial charge in [0.05, 0.1) is 23.0 Å². The van der Waals surface area contributed by atoms with Gasteiger partial charge in [0, 0.05) is 16.1 Å². The van der Waals surface area contributed by atoms with E-state index in [0.29, 0.717) is 4.47 Å². The predicted molar refractivity (Wildman–Crippen MR) is 89.6 cm³/mol. The molecule has 0 aromatic heterocycles. The highest BCUT2D eigenvalue weighted by atomic mass is 79.9. The summed E-state index contributed by atoms with van der Waals surface area (Å²) < 4.78 is 0.372. The van der Waals surface area contributed by atoms with Gasteiger partial charge in [0.2, 0.25) is 5.75 Å². The summed E-state index contributed by atoms with van der Waals surface area (Å²) in [6.45, 7) is 0. The number of aromatic hydroxyl groups is 1. The molecule has 1 aromatic carbocycles. The monoisotopic (exact) mass is 405 g/mol. The summed E-state index contributed by atoms with van der Waals surface area (Å²) in [6.07, 6.45) is 5.88. The number of nitro groups is 1. The van der Waals surface area contributed by atoms with E-state index >= 15 is 0 Å². The molecular formula is C16H12BrN3O5. The fraction of sp³-hybridized carbons (Fsp3) is 0.312. The minimum atomic E-state index is -0.725. The zero-order valence-corrected chi connectivity index (χ0v) is 14.3. The minimum absolute atomic E-state index is 0.0415. The molecule has 9 heteroatoms. The number of nitro benzene ring substituents is 1. The summed E-state index contributed by atoms with van der Waals surface area (Å²) in [5, 5.41) is 25.7. The maximum Gasteiger partial charge on any atom is 0.312 e. The molecule has 8 nitrogen and oxygen atoms in total. The lowest BCUT2D eigenvalue weighted by Crippen LogP contribution is -2.28. The fourth-order valence-electron chi connectivity index (χ4n) is 3.96. The van der Waals surface area contributed by atoms with Crippen molar-refractivity contribution >= 4 is 39.6 Å². The molecule has 1 aliphatic heterocycles. The first-order chi connectivity index (χ1) is 11.9. The summed E-state index contributed by atoms with van der Waals surface area (Å²) in [7, 11) is 0. The summed E-state index contributed by atoms with van der Waals surface area (Å²) in [4.78, 5) is 35.3. The van der Waals surface area contributed by atoms with E-state index in [1.54, 1.807) is 0 Å². The SMILES string of the molecule is O=C1[C@@H]2[C@H](C(=O)N1/N=C\c1cc(Br)cc([N+](=O)[O-])c1O)[C@@H]1C=C[C@H]2C1. The van der Waals surface area contributed by atoms with Gasteiger partial charge in [0.15, 0.2) is 0 Å². The van der Waals surface area contributed by atoms with Crippen LogP contribution in [0.15, 0.2) is 33.9 Å². The van der Waals surface area contributed by atoms with Crippen molar-refractivity contribution < 1.29 is 19.6 Å². The van der Waals surface area contributed by atoms with Crippen LogP contribution >= 0.6 is 15.9 Å². The Hall–Kier alpha value is -2.55. The van der Waals surface area contributed by atoms with Crippen LogP contribution in [0, 0.1) is 33.8 Å². The first-order valence-electron chi connectivity index (χ1n) is 7.65.